The average Bonchev–Trinajstić information content (AvgIpc) is 2.91. The van der Waals surface area contributed by atoms with Gasteiger partial charge in [0, 0.05) is 81.6 Å². The van der Waals surface area contributed by atoms with Gasteiger partial charge in [-0.25, -0.2) is 4.98 Å². The first-order chi connectivity index (χ1) is 17.2. The minimum Gasteiger partial charge on any atom is -0.354 e. The van der Waals surface area contributed by atoms with Gasteiger partial charge in [-0.1, -0.05) is 35.9 Å². The number of aromatic nitrogens is 2. The van der Waals surface area contributed by atoms with Crippen LogP contribution in [0.5, 0.6) is 0 Å². The van der Waals surface area contributed by atoms with Gasteiger partial charge in [-0.15, -0.1) is 0 Å². The smallest absolute Gasteiger partial charge is 0.253 e. The summed E-state index contributed by atoms with van der Waals surface area (Å²) in [4.78, 5) is 26.6. The van der Waals surface area contributed by atoms with Gasteiger partial charge in [0.25, 0.3) is 5.91 Å². The molecule has 2 N–H and O–H groups in total. The summed E-state index contributed by atoms with van der Waals surface area (Å²) in [6.07, 6.45) is 7.31. The summed E-state index contributed by atoms with van der Waals surface area (Å²) < 4.78 is 0. The molecule has 0 unspecified atom stereocenters. The molecule has 2 aliphatic rings. The predicted octanol–water partition coefficient (Wildman–Crippen LogP) is 3.60. The minimum absolute atomic E-state index is 0.119. The molecule has 0 spiro atoms. The van der Waals surface area contributed by atoms with Gasteiger partial charge in [-0.2, -0.15) is 0 Å². The highest BCUT2D eigenvalue weighted by Crippen LogP contribution is 2.30. The van der Waals surface area contributed by atoms with Gasteiger partial charge in [-0.3, -0.25) is 14.7 Å². The summed E-state index contributed by atoms with van der Waals surface area (Å²) in [6.45, 7) is 6.79. The number of pyridine rings is 2. The fraction of sp³-hybridized carbons (Fsp3) is 0.370. The van der Waals surface area contributed by atoms with E-state index in [0.29, 0.717) is 10.6 Å². The zero-order valence-corrected chi connectivity index (χ0v) is 20.5. The number of carbonyl (C=O) groups excluding carboxylic acids is 1. The highest BCUT2D eigenvalue weighted by atomic mass is 35.5. The van der Waals surface area contributed by atoms with Crippen molar-refractivity contribution in [2.24, 2.45) is 0 Å². The number of nitrogens with one attached hydrogen (secondary N) is 2. The second-order valence-electron chi connectivity index (χ2n) is 9.19. The van der Waals surface area contributed by atoms with Crippen molar-refractivity contribution in [1.82, 2.24) is 25.5 Å². The van der Waals surface area contributed by atoms with Gasteiger partial charge in [0.2, 0.25) is 0 Å². The Bertz CT molecular complexity index is 1130. The van der Waals surface area contributed by atoms with Crippen molar-refractivity contribution in [1.29, 1.82) is 0 Å². The molecule has 8 heteroatoms. The van der Waals surface area contributed by atoms with Crippen molar-refractivity contribution in [2.75, 3.05) is 44.2 Å². The quantitative estimate of drug-likeness (QED) is 0.550. The van der Waals surface area contributed by atoms with Crippen molar-refractivity contribution in [3.05, 3.63) is 77.2 Å². The highest BCUT2D eigenvalue weighted by molar-refractivity contribution is 6.36. The number of likely N-dealkylation sites (tertiary alicyclic amines) is 1. The number of hydrogen-bond donors (Lipinski definition) is 2. The monoisotopic (exact) mass is 490 g/mol. The van der Waals surface area contributed by atoms with Crippen LogP contribution in [0.4, 0.5) is 5.82 Å². The first-order valence-corrected chi connectivity index (χ1v) is 12.7. The summed E-state index contributed by atoms with van der Waals surface area (Å²) in [5.41, 5.74) is 3.45. The Labute approximate surface area is 211 Å². The van der Waals surface area contributed by atoms with E-state index in [9.17, 15) is 4.79 Å². The maximum absolute atomic E-state index is 13.0. The molecule has 0 saturated carbocycles. The van der Waals surface area contributed by atoms with Gasteiger partial charge in [0.15, 0.2) is 0 Å². The average molecular weight is 491 g/mol. The minimum atomic E-state index is -0.119. The van der Waals surface area contributed by atoms with Crippen LogP contribution in [-0.4, -0.2) is 66.1 Å². The molecule has 182 valence electrons. The largest absolute Gasteiger partial charge is 0.354 e. The lowest BCUT2D eigenvalue weighted by Crippen LogP contribution is -2.44. The molecule has 0 atom stereocenters. The first kappa shape index (κ1) is 23.7. The van der Waals surface area contributed by atoms with Crippen LogP contribution in [0.2, 0.25) is 5.02 Å². The zero-order valence-electron chi connectivity index (χ0n) is 19.8. The van der Waals surface area contributed by atoms with Crippen LogP contribution in [0.1, 0.15) is 28.8 Å². The fourth-order valence-corrected chi connectivity index (χ4v) is 5.12. The first-order valence-electron chi connectivity index (χ1n) is 12.3. The van der Waals surface area contributed by atoms with Crippen molar-refractivity contribution in [3.63, 3.8) is 0 Å². The number of halogens is 1. The van der Waals surface area contributed by atoms with E-state index in [0.717, 1.165) is 75.6 Å². The van der Waals surface area contributed by atoms with E-state index in [1.165, 1.54) is 5.56 Å². The van der Waals surface area contributed by atoms with Gasteiger partial charge < -0.3 is 15.5 Å². The number of amides is 1. The van der Waals surface area contributed by atoms with Crippen LogP contribution < -0.4 is 15.5 Å². The molecule has 1 aromatic carbocycles. The van der Waals surface area contributed by atoms with E-state index in [1.807, 2.05) is 30.5 Å². The number of anilines is 1. The van der Waals surface area contributed by atoms with Crippen LogP contribution >= 0.6 is 11.6 Å². The summed E-state index contributed by atoms with van der Waals surface area (Å²) in [6, 6.07) is 13.8. The number of piperazine rings is 1. The summed E-state index contributed by atoms with van der Waals surface area (Å²) in [5.74, 6) is 0.940. The molecule has 2 aliphatic heterocycles. The third-order valence-electron chi connectivity index (χ3n) is 6.79. The third-order valence-corrected chi connectivity index (χ3v) is 7.20. The molecule has 0 aliphatic carbocycles. The standard InChI is InChI=1S/C27H31ClN6O/c28-26-23(21-3-2-10-30-18-21)4-1-5-24(26)27(35)32-22-8-13-33(14-9-22)19-20-6-7-25(31-17-20)34-15-11-29-12-16-34/h1-7,10,17-18,22,29H,8-9,11-16,19H2,(H,32,35). The number of hydrogen-bond acceptors (Lipinski definition) is 6. The molecule has 4 heterocycles. The molecule has 7 nitrogen and oxygen atoms in total. The Morgan fingerprint density at radius 2 is 1.86 bits per heavy atom. The summed E-state index contributed by atoms with van der Waals surface area (Å²) in [7, 11) is 0. The summed E-state index contributed by atoms with van der Waals surface area (Å²) >= 11 is 6.62. The normalized spacial score (nSPS) is 17.3. The number of piperidine rings is 1. The lowest BCUT2D eigenvalue weighted by Gasteiger charge is -2.32. The molecule has 0 bridgehead atoms. The van der Waals surface area contributed by atoms with Gasteiger partial charge in [-0.05, 0) is 36.6 Å². The number of nitrogens with zero attached hydrogens (tertiary/aromatic N) is 4. The van der Waals surface area contributed by atoms with Gasteiger partial charge in [0.1, 0.15) is 5.82 Å². The van der Waals surface area contributed by atoms with Crippen molar-refractivity contribution >= 4 is 23.3 Å². The fourth-order valence-electron chi connectivity index (χ4n) is 4.80. The van der Waals surface area contributed by atoms with Crippen LogP contribution in [0.25, 0.3) is 11.1 Å². The maximum atomic E-state index is 13.0. The molecular formula is C27H31ClN6O. The SMILES string of the molecule is O=C(NC1CCN(Cc2ccc(N3CCNCC3)nc2)CC1)c1cccc(-c2cccnc2)c1Cl. The molecule has 2 saturated heterocycles. The van der Waals surface area contributed by atoms with Crippen LogP contribution in [0.3, 0.4) is 0 Å². The third kappa shape index (κ3) is 5.81. The molecule has 0 radical (unpaired) electrons. The van der Waals surface area contributed by atoms with Crippen LogP contribution in [-0.2, 0) is 6.54 Å². The Balaban J connectivity index is 1.13. The van der Waals surface area contributed by atoms with Crippen LogP contribution in [0.15, 0.2) is 61.1 Å². The lowest BCUT2D eigenvalue weighted by molar-refractivity contribution is 0.0909. The van der Waals surface area contributed by atoms with Gasteiger partial charge in [0.05, 0.1) is 10.6 Å². The lowest BCUT2D eigenvalue weighted by atomic mass is 10.0. The second-order valence-corrected chi connectivity index (χ2v) is 9.57. The van der Waals surface area contributed by atoms with E-state index in [1.54, 1.807) is 18.5 Å². The van der Waals surface area contributed by atoms with E-state index < -0.39 is 0 Å². The molecule has 2 aromatic heterocycles. The van der Waals surface area contributed by atoms with E-state index in [2.05, 4.69) is 37.6 Å². The number of carbonyl (C=O) groups is 1. The Morgan fingerprint density at radius 3 is 2.57 bits per heavy atom. The molecule has 5 rings (SSSR count). The maximum Gasteiger partial charge on any atom is 0.253 e. The highest BCUT2D eigenvalue weighted by Gasteiger charge is 2.23. The number of rotatable bonds is 6. The Hall–Kier alpha value is -3.00. The van der Waals surface area contributed by atoms with Crippen molar-refractivity contribution < 1.29 is 4.79 Å². The van der Waals surface area contributed by atoms with Crippen LogP contribution in [0, 0.1) is 0 Å². The second kappa shape index (κ2) is 11.2. The Morgan fingerprint density at radius 1 is 1.03 bits per heavy atom. The molecule has 3 aromatic rings. The summed E-state index contributed by atoms with van der Waals surface area (Å²) in [5, 5.41) is 7.03. The van der Waals surface area contributed by atoms with Crippen molar-refractivity contribution in [3.8, 4) is 11.1 Å². The zero-order chi connectivity index (χ0) is 24.0. The molecular weight excluding hydrogens is 460 g/mol. The van der Waals surface area contributed by atoms with E-state index in [-0.39, 0.29) is 11.9 Å². The van der Waals surface area contributed by atoms with Gasteiger partial charge >= 0.3 is 0 Å². The topological polar surface area (TPSA) is 73.4 Å². The number of benzene rings is 1. The molecule has 1 amide bonds. The van der Waals surface area contributed by atoms with Crippen molar-refractivity contribution in [2.45, 2.75) is 25.4 Å². The molecule has 35 heavy (non-hydrogen) atoms. The van der Waals surface area contributed by atoms with E-state index >= 15 is 0 Å². The van der Waals surface area contributed by atoms with E-state index in [4.69, 9.17) is 16.6 Å². The predicted molar refractivity (Wildman–Crippen MR) is 140 cm³/mol. The molecule has 2 fully saturated rings. The Kier molecular flexibility index (Phi) is 7.57.